The van der Waals surface area contributed by atoms with Gasteiger partial charge in [-0.15, -0.1) is 0 Å². The maximum Gasteiger partial charge on any atom is 0.303 e. The van der Waals surface area contributed by atoms with Crippen molar-refractivity contribution in [1.29, 1.82) is 0 Å². The van der Waals surface area contributed by atoms with Crippen LogP contribution in [0.3, 0.4) is 0 Å². The van der Waals surface area contributed by atoms with Crippen LogP contribution in [0.25, 0.3) is 21.1 Å². The van der Waals surface area contributed by atoms with E-state index < -0.39 is 22.8 Å². The first-order chi connectivity index (χ1) is 16.8. The zero-order valence-electron chi connectivity index (χ0n) is 19.1. The maximum absolute atomic E-state index is 15.4. The number of benzene rings is 1. The molecule has 0 radical (unpaired) electrons. The third kappa shape index (κ3) is 4.11. The lowest BCUT2D eigenvalue weighted by Crippen LogP contribution is -2.27. The number of fused-ring (bicyclic) bond motifs is 2. The zero-order valence-corrected chi connectivity index (χ0v) is 19.9. The van der Waals surface area contributed by atoms with Crippen molar-refractivity contribution in [3.63, 3.8) is 0 Å². The van der Waals surface area contributed by atoms with E-state index in [0.29, 0.717) is 29.1 Å². The smallest absolute Gasteiger partial charge is 0.303 e. The van der Waals surface area contributed by atoms with E-state index in [1.165, 1.54) is 17.1 Å². The molecule has 1 fully saturated rings. The van der Waals surface area contributed by atoms with Gasteiger partial charge in [0.2, 0.25) is 5.43 Å². The molecule has 1 aliphatic carbocycles. The molecule has 2 aromatic heterocycles. The summed E-state index contributed by atoms with van der Waals surface area (Å²) in [4.78, 5) is 44.6. The van der Waals surface area contributed by atoms with Crippen molar-refractivity contribution in [1.82, 2.24) is 14.0 Å². The minimum absolute atomic E-state index is 0.0349. The second-order valence-electron chi connectivity index (χ2n) is 8.90. The Bertz CT molecular complexity index is 1470. The van der Waals surface area contributed by atoms with Crippen molar-refractivity contribution < 1.29 is 19.1 Å². The molecule has 1 aromatic carbocycles. The highest BCUT2D eigenvalue weighted by atomic mass is 32.1. The average Bonchev–Trinajstić information content (AvgIpc) is 3.49. The molecule has 10 nitrogen and oxygen atoms in total. The SMILES string of the molecule is CONC1=CN(c2cc3c(cc2F)c(=O)c2c(=O)n(CCCC(=O)O)sc2n3C2CC2)CC1CN. The number of nitrogens with zero attached hydrogens (tertiary/aromatic N) is 3. The lowest BCUT2D eigenvalue weighted by atomic mass is 10.1. The van der Waals surface area contributed by atoms with Gasteiger partial charge >= 0.3 is 5.97 Å². The molecule has 4 N–H and O–H groups in total. The molecule has 1 unspecified atom stereocenters. The fourth-order valence-corrected chi connectivity index (χ4v) is 5.85. The van der Waals surface area contributed by atoms with Crippen LogP contribution in [0.4, 0.5) is 10.1 Å². The maximum atomic E-state index is 15.4. The van der Waals surface area contributed by atoms with Crippen molar-refractivity contribution in [2.45, 2.75) is 38.3 Å². The number of carboxylic acids is 1. The molecule has 3 aromatic rings. The van der Waals surface area contributed by atoms with Crippen molar-refractivity contribution in [3.05, 3.63) is 50.4 Å². The monoisotopic (exact) mass is 503 g/mol. The van der Waals surface area contributed by atoms with Crippen LogP contribution < -0.4 is 27.1 Å². The van der Waals surface area contributed by atoms with Gasteiger partial charge in [-0.3, -0.25) is 28.7 Å². The van der Waals surface area contributed by atoms with E-state index in [9.17, 15) is 14.4 Å². The van der Waals surface area contributed by atoms with E-state index in [-0.39, 0.29) is 42.1 Å². The van der Waals surface area contributed by atoms with E-state index in [2.05, 4.69) is 5.48 Å². The fourth-order valence-electron chi connectivity index (χ4n) is 4.64. The van der Waals surface area contributed by atoms with E-state index in [1.807, 2.05) is 4.57 Å². The minimum atomic E-state index is -0.942. The van der Waals surface area contributed by atoms with E-state index in [0.717, 1.165) is 30.1 Å². The van der Waals surface area contributed by atoms with Crippen LogP contribution in [-0.4, -0.2) is 39.8 Å². The number of nitrogens with two attached hydrogens (primary N) is 1. The van der Waals surface area contributed by atoms with Crippen LogP contribution >= 0.6 is 11.5 Å². The third-order valence-electron chi connectivity index (χ3n) is 6.50. The molecule has 0 saturated heterocycles. The average molecular weight is 504 g/mol. The van der Waals surface area contributed by atoms with Crippen LogP contribution in [0.1, 0.15) is 31.7 Å². The molecule has 1 aliphatic heterocycles. The van der Waals surface area contributed by atoms with Gasteiger partial charge in [0.05, 0.1) is 24.0 Å². The predicted molar refractivity (Wildman–Crippen MR) is 131 cm³/mol. The molecule has 0 amide bonds. The number of nitrogens with one attached hydrogen (secondary N) is 1. The number of pyridine rings is 1. The number of carboxylic acid groups (broad SMARTS) is 1. The highest BCUT2D eigenvalue weighted by molar-refractivity contribution is 7.13. The molecule has 5 rings (SSSR count). The number of hydroxylamine groups is 1. The van der Waals surface area contributed by atoms with Crippen molar-refractivity contribution >= 4 is 44.3 Å². The summed E-state index contributed by atoms with van der Waals surface area (Å²) in [5.41, 5.74) is 9.34. The normalized spacial score (nSPS) is 18.0. The Kier molecular flexibility index (Phi) is 6.11. The summed E-state index contributed by atoms with van der Waals surface area (Å²) in [7, 11) is 1.49. The number of aliphatic carboxylic acids is 1. The molecular formula is C23H26FN5O5S. The van der Waals surface area contributed by atoms with Crippen LogP contribution in [0.5, 0.6) is 0 Å². The lowest BCUT2D eigenvalue weighted by molar-refractivity contribution is -0.137. The van der Waals surface area contributed by atoms with E-state index in [1.54, 1.807) is 17.2 Å². The van der Waals surface area contributed by atoms with Gasteiger partial charge in [-0.2, -0.15) is 0 Å². The Hall–Kier alpha value is -3.22. The number of hydrogen-bond donors (Lipinski definition) is 3. The quantitative estimate of drug-likeness (QED) is 0.378. The highest BCUT2D eigenvalue weighted by Crippen LogP contribution is 2.41. The second-order valence-corrected chi connectivity index (χ2v) is 9.91. The van der Waals surface area contributed by atoms with Gasteiger partial charge in [0.1, 0.15) is 16.0 Å². The number of carbonyl (C=O) groups is 1. The number of halogens is 1. The molecule has 12 heteroatoms. The number of anilines is 1. The summed E-state index contributed by atoms with van der Waals surface area (Å²) in [6, 6.07) is 2.99. The standard InChI is InChI=1S/C23H26FN5O5S/c1-34-26-16-11-27(10-12(16)9-25)18-8-17-14(7-15(18)24)21(32)20-22(33)28(6-2-3-19(30)31)35-23(20)29(17)13-4-5-13/h7-8,11-13,26H,2-6,9-10,25H2,1H3,(H,30,31). The lowest BCUT2D eigenvalue weighted by Gasteiger charge is -2.20. The summed E-state index contributed by atoms with van der Waals surface area (Å²) in [5.74, 6) is -1.58. The summed E-state index contributed by atoms with van der Waals surface area (Å²) in [6.07, 6.45) is 3.74. The molecule has 0 spiro atoms. The Morgan fingerprint density at radius 3 is 2.77 bits per heavy atom. The highest BCUT2D eigenvalue weighted by Gasteiger charge is 2.31. The van der Waals surface area contributed by atoms with Gasteiger partial charge in [0, 0.05) is 49.6 Å². The number of hydrogen-bond acceptors (Lipinski definition) is 8. The third-order valence-corrected chi connectivity index (χ3v) is 7.64. The molecular weight excluding hydrogens is 477 g/mol. The Morgan fingerprint density at radius 1 is 1.34 bits per heavy atom. The molecule has 186 valence electrons. The predicted octanol–water partition coefficient (Wildman–Crippen LogP) is 2.10. The first kappa shape index (κ1) is 23.5. The molecule has 35 heavy (non-hydrogen) atoms. The van der Waals surface area contributed by atoms with Gasteiger partial charge < -0.3 is 20.3 Å². The topological polar surface area (TPSA) is 132 Å². The zero-order chi connectivity index (χ0) is 24.9. The number of aryl methyl sites for hydroxylation is 1. The molecule has 1 saturated carbocycles. The van der Waals surface area contributed by atoms with Crippen LogP contribution in [0.15, 0.2) is 33.6 Å². The summed E-state index contributed by atoms with van der Waals surface area (Å²) < 4.78 is 18.8. The second kappa shape index (κ2) is 9.10. The Labute approximate surface area is 203 Å². The Morgan fingerprint density at radius 2 is 2.11 bits per heavy atom. The minimum Gasteiger partial charge on any atom is -0.481 e. The van der Waals surface area contributed by atoms with Gasteiger partial charge in [0.25, 0.3) is 5.56 Å². The molecule has 2 aliphatic rings. The van der Waals surface area contributed by atoms with Crippen molar-refractivity contribution in [2.24, 2.45) is 11.7 Å². The first-order valence-corrected chi connectivity index (χ1v) is 12.2. The Balaban J connectivity index is 1.67. The van der Waals surface area contributed by atoms with Gasteiger partial charge in [-0.25, -0.2) is 4.39 Å². The van der Waals surface area contributed by atoms with Crippen molar-refractivity contribution in [2.75, 3.05) is 25.1 Å². The molecule has 1 atom stereocenters. The fraction of sp³-hybridized carbons (Fsp3) is 0.435. The first-order valence-electron chi connectivity index (χ1n) is 11.4. The molecule has 0 bridgehead atoms. The van der Waals surface area contributed by atoms with E-state index >= 15 is 4.39 Å². The van der Waals surface area contributed by atoms with Gasteiger partial charge in [-0.05, 0) is 42.9 Å². The summed E-state index contributed by atoms with van der Waals surface area (Å²) in [5, 5.41) is 9.11. The van der Waals surface area contributed by atoms with Gasteiger partial charge in [0.15, 0.2) is 0 Å². The van der Waals surface area contributed by atoms with Crippen LogP contribution in [0, 0.1) is 11.7 Å². The van der Waals surface area contributed by atoms with E-state index in [4.69, 9.17) is 15.7 Å². The summed E-state index contributed by atoms with van der Waals surface area (Å²) >= 11 is 1.16. The van der Waals surface area contributed by atoms with Gasteiger partial charge in [-0.1, -0.05) is 0 Å². The van der Waals surface area contributed by atoms with Crippen LogP contribution in [-0.2, 0) is 16.2 Å². The summed E-state index contributed by atoms with van der Waals surface area (Å²) in [6.45, 7) is 1.01. The van der Waals surface area contributed by atoms with Crippen molar-refractivity contribution in [3.8, 4) is 0 Å². The van der Waals surface area contributed by atoms with Crippen LogP contribution in [0.2, 0.25) is 0 Å². The molecule has 3 heterocycles. The number of rotatable bonds is 9. The largest absolute Gasteiger partial charge is 0.481 e. The number of aromatic nitrogens is 2.